The van der Waals surface area contributed by atoms with Gasteiger partial charge in [-0.25, -0.2) is 0 Å². The molecule has 6 nitrogen and oxygen atoms in total. The van der Waals surface area contributed by atoms with Crippen molar-refractivity contribution >= 4 is 24.2 Å². The average Bonchev–Trinajstić information content (AvgIpc) is 2.70. The van der Waals surface area contributed by atoms with Crippen LogP contribution >= 0.6 is 11.6 Å². The summed E-state index contributed by atoms with van der Waals surface area (Å²) in [5.41, 5.74) is 0.875. The number of hydrogen-bond acceptors (Lipinski definition) is 6. The van der Waals surface area contributed by atoms with Gasteiger partial charge < -0.3 is 19.3 Å². The van der Waals surface area contributed by atoms with Crippen LogP contribution in [0.25, 0.3) is 0 Å². The Morgan fingerprint density at radius 1 is 0.889 bits per heavy atom. The van der Waals surface area contributed by atoms with Crippen LogP contribution in [0.2, 0.25) is 0 Å². The second-order valence-electron chi connectivity index (χ2n) is 4.69. The molecule has 0 fully saturated rings. The zero-order valence-corrected chi connectivity index (χ0v) is 16.2. The lowest BCUT2D eigenvalue weighted by molar-refractivity contribution is 0.0221. The smallest absolute Gasteiger partial charge is 0.189 e. The number of rotatable bonds is 8. The number of halogens is 1. The molecule has 27 heavy (non-hydrogen) atoms. The van der Waals surface area contributed by atoms with Gasteiger partial charge in [0.2, 0.25) is 0 Å². The zero-order valence-electron chi connectivity index (χ0n) is 15.5. The lowest BCUT2D eigenvalue weighted by Crippen LogP contribution is -2.03. The number of phenols is 1. The number of aldehydes is 2. The predicted octanol–water partition coefficient (Wildman–Crippen LogP) is 4.30. The van der Waals surface area contributed by atoms with Gasteiger partial charge in [0, 0.05) is 13.2 Å². The van der Waals surface area contributed by atoms with E-state index in [1.807, 2.05) is 19.9 Å². The van der Waals surface area contributed by atoms with E-state index in [2.05, 4.69) is 4.74 Å². The number of carbonyl (C=O) groups is 2. The highest BCUT2D eigenvalue weighted by atomic mass is 35.5. The number of para-hydroxylation sites is 2. The van der Waals surface area contributed by atoms with Gasteiger partial charge in [-0.15, -0.1) is 0 Å². The van der Waals surface area contributed by atoms with Crippen molar-refractivity contribution in [2.75, 3.05) is 26.1 Å². The molecule has 0 aliphatic carbocycles. The maximum Gasteiger partial charge on any atom is 0.189 e. The summed E-state index contributed by atoms with van der Waals surface area (Å²) in [7, 11) is 0. The molecule has 0 aliphatic heterocycles. The van der Waals surface area contributed by atoms with E-state index in [0.29, 0.717) is 42.4 Å². The standard InChI is InChI=1S/C10H12O3.C7H6O2.C3H7ClO/c1-2-12-8-13-10-6-4-3-5-9(10)7-11;8-5-6-3-1-2-4-7(6)9;1-2-5-3-4/h3-7H,2,8H2,1H3;1-5,9H;2-3H2,1H3. The SMILES string of the molecule is CCOCCl.CCOCOc1ccccc1C=O.O=Cc1ccccc1O. The summed E-state index contributed by atoms with van der Waals surface area (Å²) < 4.78 is 14.8. The lowest BCUT2D eigenvalue weighted by Gasteiger charge is -2.06. The quantitative estimate of drug-likeness (QED) is 0.310. The third-order valence-electron chi connectivity index (χ3n) is 2.89. The topological polar surface area (TPSA) is 82.1 Å². The molecule has 2 aromatic carbocycles. The zero-order chi connectivity index (χ0) is 20.3. The Bertz CT molecular complexity index is 646. The van der Waals surface area contributed by atoms with Crippen LogP contribution in [-0.2, 0) is 9.47 Å². The Balaban J connectivity index is 0.000000419. The van der Waals surface area contributed by atoms with Crippen molar-refractivity contribution in [3.05, 3.63) is 59.7 Å². The van der Waals surface area contributed by atoms with Crippen LogP contribution in [0.3, 0.4) is 0 Å². The average molecular weight is 397 g/mol. The van der Waals surface area contributed by atoms with Gasteiger partial charge in [-0.2, -0.15) is 0 Å². The lowest BCUT2D eigenvalue weighted by atomic mass is 10.2. The molecule has 0 unspecified atom stereocenters. The molecule has 0 radical (unpaired) electrons. The molecular formula is C20H25ClO6. The minimum absolute atomic E-state index is 0.0347. The van der Waals surface area contributed by atoms with Crippen molar-refractivity contribution in [3.8, 4) is 11.5 Å². The minimum atomic E-state index is 0.0347. The van der Waals surface area contributed by atoms with E-state index in [1.54, 1.807) is 36.4 Å². The molecule has 2 aromatic rings. The van der Waals surface area contributed by atoms with Crippen LogP contribution in [0, 0.1) is 0 Å². The van der Waals surface area contributed by atoms with Gasteiger partial charge in [0.05, 0.1) is 11.1 Å². The van der Waals surface area contributed by atoms with E-state index in [9.17, 15) is 9.59 Å². The summed E-state index contributed by atoms with van der Waals surface area (Å²) in [5.74, 6) is 0.596. The van der Waals surface area contributed by atoms with Gasteiger partial charge in [0.15, 0.2) is 19.4 Å². The Morgan fingerprint density at radius 3 is 1.89 bits per heavy atom. The number of aromatic hydroxyl groups is 1. The molecule has 1 N–H and O–H groups in total. The summed E-state index contributed by atoms with van der Waals surface area (Å²) in [6.07, 6.45) is 1.39. The first-order valence-electron chi connectivity index (χ1n) is 8.26. The van der Waals surface area contributed by atoms with Crippen LogP contribution in [0.5, 0.6) is 11.5 Å². The van der Waals surface area contributed by atoms with Gasteiger partial charge >= 0.3 is 0 Å². The highest BCUT2D eigenvalue weighted by molar-refractivity contribution is 6.17. The Kier molecular flexibility index (Phi) is 15.5. The number of phenolic OH excluding ortho intramolecular Hbond substituents is 1. The van der Waals surface area contributed by atoms with E-state index >= 15 is 0 Å². The van der Waals surface area contributed by atoms with Gasteiger partial charge in [0.25, 0.3) is 0 Å². The second-order valence-corrected chi connectivity index (χ2v) is 4.91. The highest BCUT2D eigenvalue weighted by Crippen LogP contribution is 2.15. The molecular weight excluding hydrogens is 372 g/mol. The third kappa shape index (κ3) is 11.8. The first kappa shape index (κ1) is 24.6. The summed E-state index contributed by atoms with van der Waals surface area (Å²) in [4.78, 5) is 20.6. The van der Waals surface area contributed by atoms with Gasteiger partial charge in [-0.1, -0.05) is 35.9 Å². The predicted molar refractivity (Wildman–Crippen MR) is 105 cm³/mol. The first-order valence-corrected chi connectivity index (χ1v) is 8.79. The maximum atomic E-state index is 10.5. The molecule has 0 amide bonds. The fourth-order valence-electron chi connectivity index (χ4n) is 1.56. The fourth-order valence-corrected chi connectivity index (χ4v) is 1.72. The van der Waals surface area contributed by atoms with Crippen LogP contribution in [0.15, 0.2) is 48.5 Å². The minimum Gasteiger partial charge on any atom is -0.507 e. The van der Waals surface area contributed by atoms with E-state index < -0.39 is 0 Å². The van der Waals surface area contributed by atoms with Crippen molar-refractivity contribution in [1.29, 1.82) is 0 Å². The Labute approximate surface area is 164 Å². The molecule has 7 heteroatoms. The fraction of sp³-hybridized carbons (Fsp3) is 0.300. The second kappa shape index (κ2) is 17.0. The molecule has 0 aliphatic rings. The molecule has 0 aromatic heterocycles. The van der Waals surface area contributed by atoms with Crippen LogP contribution in [-0.4, -0.2) is 43.8 Å². The number of benzene rings is 2. The van der Waals surface area contributed by atoms with E-state index in [4.69, 9.17) is 26.2 Å². The Hall–Kier alpha value is -2.41. The van der Waals surface area contributed by atoms with E-state index in [-0.39, 0.29) is 12.5 Å². The third-order valence-corrected chi connectivity index (χ3v) is 3.05. The van der Waals surface area contributed by atoms with Crippen molar-refractivity contribution in [1.82, 2.24) is 0 Å². The number of ether oxygens (including phenoxy) is 3. The molecule has 0 saturated carbocycles. The number of hydrogen-bond donors (Lipinski definition) is 1. The molecule has 0 saturated heterocycles. The summed E-state index contributed by atoms with van der Waals surface area (Å²) in [6.45, 7) is 5.28. The first-order chi connectivity index (χ1) is 13.1. The van der Waals surface area contributed by atoms with Gasteiger partial charge in [0.1, 0.15) is 17.6 Å². The van der Waals surface area contributed by atoms with Crippen molar-refractivity contribution in [2.24, 2.45) is 0 Å². The monoisotopic (exact) mass is 396 g/mol. The van der Waals surface area contributed by atoms with Crippen LogP contribution in [0.1, 0.15) is 34.6 Å². The molecule has 0 spiro atoms. The van der Waals surface area contributed by atoms with Gasteiger partial charge in [-0.05, 0) is 38.1 Å². The van der Waals surface area contributed by atoms with Crippen molar-refractivity contribution in [2.45, 2.75) is 13.8 Å². The van der Waals surface area contributed by atoms with Crippen molar-refractivity contribution in [3.63, 3.8) is 0 Å². The van der Waals surface area contributed by atoms with E-state index in [1.165, 1.54) is 6.07 Å². The number of carbonyl (C=O) groups excluding carboxylic acids is 2. The van der Waals surface area contributed by atoms with Crippen LogP contribution < -0.4 is 4.74 Å². The molecule has 148 valence electrons. The van der Waals surface area contributed by atoms with E-state index in [0.717, 1.165) is 6.29 Å². The van der Waals surface area contributed by atoms with Crippen molar-refractivity contribution < 1.29 is 28.9 Å². The normalized spacial score (nSPS) is 9.15. The summed E-state index contributed by atoms with van der Waals surface area (Å²) >= 11 is 5.08. The highest BCUT2D eigenvalue weighted by Gasteiger charge is 1.99. The van der Waals surface area contributed by atoms with Gasteiger partial charge in [-0.3, -0.25) is 9.59 Å². The Morgan fingerprint density at radius 2 is 1.44 bits per heavy atom. The molecule has 0 heterocycles. The number of alkyl halides is 1. The maximum absolute atomic E-state index is 10.5. The van der Waals surface area contributed by atoms with Crippen LogP contribution in [0.4, 0.5) is 0 Å². The molecule has 2 rings (SSSR count). The summed E-state index contributed by atoms with van der Waals surface area (Å²) in [6, 6.07) is 13.8. The summed E-state index contributed by atoms with van der Waals surface area (Å²) in [5, 5.41) is 8.88. The largest absolute Gasteiger partial charge is 0.507 e. The molecule has 0 bridgehead atoms. The molecule has 0 atom stereocenters.